The third kappa shape index (κ3) is 5.03. The van der Waals surface area contributed by atoms with Crippen LogP contribution in [-0.2, 0) is 14.3 Å². The van der Waals surface area contributed by atoms with Crippen molar-refractivity contribution < 1.29 is 19.4 Å². The molecule has 6 heteroatoms. The SMILES string of the molecule is O=C(O)CC1(CSCC(=O)NCC2CCCO2)CC1. The van der Waals surface area contributed by atoms with Crippen LogP contribution in [0.1, 0.15) is 32.1 Å². The molecule has 5 nitrogen and oxygen atoms in total. The smallest absolute Gasteiger partial charge is 0.303 e. The molecule has 1 aliphatic carbocycles. The standard InChI is InChI=1S/C13H21NO4S/c15-11(14-7-10-2-1-5-18-10)8-19-9-13(3-4-13)6-12(16)17/h10H,1-9H2,(H,14,15)(H,16,17). The normalized spacial score (nSPS) is 24.1. The summed E-state index contributed by atoms with van der Waals surface area (Å²) in [7, 11) is 0. The fourth-order valence-electron chi connectivity index (χ4n) is 2.31. The van der Waals surface area contributed by atoms with Gasteiger partial charge >= 0.3 is 5.97 Å². The molecule has 0 radical (unpaired) electrons. The Labute approximate surface area is 117 Å². The largest absolute Gasteiger partial charge is 0.481 e. The van der Waals surface area contributed by atoms with Gasteiger partial charge in [-0.25, -0.2) is 0 Å². The van der Waals surface area contributed by atoms with Crippen molar-refractivity contribution in [3.8, 4) is 0 Å². The molecule has 0 spiro atoms. The molecule has 1 saturated carbocycles. The summed E-state index contributed by atoms with van der Waals surface area (Å²) in [6.07, 6.45) is 4.46. The zero-order valence-corrected chi connectivity index (χ0v) is 11.8. The van der Waals surface area contributed by atoms with Crippen LogP contribution in [0.25, 0.3) is 0 Å². The van der Waals surface area contributed by atoms with Crippen molar-refractivity contribution in [2.75, 3.05) is 24.7 Å². The second-order valence-corrected chi connectivity index (χ2v) is 6.49. The van der Waals surface area contributed by atoms with Crippen LogP contribution in [0.3, 0.4) is 0 Å². The van der Waals surface area contributed by atoms with Gasteiger partial charge in [0.2, 0.25) is 5.91 Å². The Morgan fingerprint density at radius 1 is 1.42 bits per heavy atom. The molecule has 1 atom stereocenters. The van der Waals surface area contributed by atoms with E-state index in [0.29, 0.717) is 12.3 Å². The predicted molar refractivity (Wildman–Crippen MR) is 73.2 cm³/mol. The van der Waals surface area contributed by atoms with Crippen LogP contribution in [0.4, 0.5) is 0 Å². The Kier molecular flexibility index (Phi) is 5.10. The van der Waals surface area contributed by atoms with Crippen LogP contribution >= 0.6 is 11.8 Å². The lowest BCUT2D eigenvalue weighted by Gasteiger charge is -2.13. The molecule has 1 unspecified atom stereocenters. The topological polar surface area (TPSA) is 75.6 Å². The molecule has 2 fully saturated rings. The summed E-state index contributed by atoms with van der Waals surface area (Å²) in [5.74, 6) is 0.466. The summed E-state index contributed by atoms with van der Waals surface area (Å²) < 4.78 is 5.43. The number of ether oxygens (including phenoxy) is 1. The van der Waals surface area contributed by atoms with Crippen LogP contribution in [0.2, 0.25) is 0 Å². The lowest BCUT2D eigenvalue weighted by atomic mass is 10.1. The van der Waals surface area contributed by atoms with E-state index in [9.17, 15) is 9.59 Å². The highest BCUT2D eigenvalue weighted by molar-refractivity contribution is 7.99. The second kappa shape index (κ2) is 6.61. The Hall–Kier alpha value is -0.750. The summed E-state index contributed by atoms with van der Waals surface area (Å²) >= 11 is 1.54. The number of amides is 1. The molecule has 0 bridgehead atoms. The van der Waals surface area contributed by atoms with E-state index < -0.39 is 5.97 Å². The third-order valence-electron chi connectivity index (χ3n) is 3.68. The monoisotopic (exact) mass is 287 g/mol. The van der Waals surface area contributed by atoms with Gasteiger partial charge in [-0.05, 0) is 36.9 Å². The van der Waals surface area contributed by atoms with Gasteiger partial charge in [0.05, 0.1) is 18.3 Å². The lowest BCUT2D eigenvalue weighted by Crippen LogP contribution is -2.33. The maximum absolute atomic E-state index is 11.6. The van der Waals surface area contributed by atoms with E-state index in [4.69, 9.17) is 9.84 Å². The Bertz CT molecular complexity index is 338. The molecule has 2 rings (SSSR count). The fraction of sp³-hybridized carbons (Fsp3) is 0.846. The number of aliphatic carboxylic acids is 1. The van der Waals surface area contributed by atoms with Crippen molar-refractivity contribution in [1.29, 1.82) is 0 Å². The first kappa shape index (κ1) is 14.7. The van der Waals surface area contributed by atoms with Crippen LogP contribution in [0, 0.1) is 5.41 Å². The number of nitrogens with one attached hydrogen (secondary N) is 1. The van der Waals surface area contributed by atoms with Crippen LogP contribution < -0.4 is 5.32 Å². The minimum Gasteiger partial charge on any atom is -0.481 e. The van der Waals surface area contributed by atoms with Gasteiger partial charge in [0.1, 0.15) is 0 Å². The highest BCUT2D eigenvalue weighted by atomic mass is 32.2. The lowest BCUT2D eigenvalue weighted by molar-refractivity contribution is -0.138. The minimum absolute atomic E-state index is 0.0200. The number of carbonyl (C=O) groups is 2. The highest BCUT2D eigenvalue weighted by Gasteiger charge is 2.44. The van der Waals surface area contributed by atoms with Gasteiger partial charge in [0.15, 0.2) is 0 Å². The highest BCUT2D eigenvalue weighted by Crippen LogP contribution is 2.50. The molecule has 1 aliphatic heterocycles. The molecule has 2 aliphatic rings. The van der Waals surface area contributed by atoms with E-state index in [0.717, 1.165) is 38.0 Å². The molecule has 108 valence electrons. The molecular weight excluding hydrogens is 266 g/mol. The minimum atomic E-state index is -0.735. The van der Waals surface area contributed by atoms with E-state index in [1.165, 1.54) is 11.8 Å². The van der Waals surface area contributed by atoms with Crippen molar-refractivity contribution in [1.82, 2.24) is 5.32 Å². The summed E-state index contributed by atoms with van der Waals surface area (Å²) in [4.78, 5) is 22.3. The number of hydrogen-bond acceptors (Lipinski definition) is 4. The average Bonchev–Trinajstić information content (AvgIpc) is 2.91. The van der Waals surface area contributed by atoms with Gasteiger partial charge in [-0.15, -0.1) is 0 Å². The summed E-state index contributed by atoms with van der Waals surface area (Å²) in [5.41, 5.74) is -0.0364. The number of thioether (sulfide) groups is 1. The van der Waals surface area contributed by atoms with E-state index in [1.54, 1.807) is 0 Å². The van der Waals surface area contributed by atoms with E-state index >= 15 is 0 Å². The second-order valence-electron chi connectivity index (χ2n) is 5.50. The van der Waals surface area contributed by atoms with Crippen molar-refractivity contribution in [2.24, 2.45) is 5.41 Å². The zero-order chi connectivity index (χ0) is 13.7. The van der Waals surface area contributed by atoms with Crippen molar-refractivity contribution >= 4 is 23.6 Å². The Balaban J connectivity index is 1.55. The summed E-state index contributed by atoms with van der Waals surface area (Å²) in [5, 5.41) is 11.7. The van der Waals surface area contributed by atoms with Crippen molar-refractivity contribution in [2.45, 2.75) is 38.2 Å². The van der Waals surface area contributed by atoms with Crippen molar-refractivity contribution in [3.05, 3.63) is 0 Å². The number of carbonyl (C=O) groups excluding carboxylic acids is 1. The molecule has 1 amide bonds. The van der Waals surface area contributed by atoms with Crippen LogP contribution in [-0.4, -0.2) is 47.7 Å². The van der Waals surface area contributed by atoms with E-state index in [-0.39, 0.29) is 23.8 Å². The predicted octanol–water partition coefficient (Wildman–Crippen LogP) is 1.27. The molecule has 1 heterocycles. The van der Waals surface area contributed by atoms with Crippen molar-refractivity contribution in [3.63, 3.8) is 0 Å². The molecular formula is C13H21NO4S. The van der Waals surface area contributed by atoms with Gasteiger partial charge in [0.25, 0.3) is 0 Å². The van der Waals surface area contributed by atoms with E-state index in [2.05, 4.69) is 5.32 Å². The number of carboxylic acids is 1. The van der Waals surface area contributed by atoms with Gasteiger partial charge < -0.3 is 15.2 Å². The van der Waals surface area contributed by atoms with Crippen LogP contribution in [0.15, 0.2) is 0 Å². The first-order valence-corrected chi connectivity index (χ1v) is 7.93. The number of rotatable bonds is 8. The first-order valence-electron chi connectivity index (χ1n) is 6.77. The quantitative estimate of drug-likeness (QED) is 0.703. The third-order valence-corrected chi connectivity index (χ3v) is 4.96. The maximum Gasteiger partial charge on any atom is 0.303 e. The molecule has 0 aromatic carbocycles. The summed E-state index contributed by atoms with van der Waals surface area (Å²) in [6, 6.07) is 0. The number of carboxylic acid groups (broad SMARTS) is 1. The molecule has 2 N–H and O–H groups in total. The van der Waals surface area contributed by atoms with Gasteiger partial charge in [-0.1, -0.05) is 0 Å². The Morgan fingerprint density at radius 2 is 2.21 bits per heavy atom. The van der Waals surface area contributed by atoms with E-state index in [1.807, 2.05) is 0 Å². The number of hydrogen-bond donors (Lipinski definition) is 2. The first-order chi connectivity index (χ1) is 9.10. The fourth-order valence-corrected chi connectivity index (χ4v) is 3.53. The van der Waals surface area contributed by atoms with Gasteiger partial charge in [-0.3, -0.25) is 9.59 Å². The maximum atomic E-state index is 11.6. The van der Waals surface area contributed by atoms with Gasteiger partial charge in [-0.2, -0.15) is 11.8 Å². The molecule has 0 aromatic rings. The average molecular weight is 287 g/mol. The zero-order valence-electron chi connectivity index (χ0n) is 11.0. The van der Waals surface area contributed by atoms with Gasteiger partial charge in [0, 0.05) is 13.2 Å². The van der Waals surface area contributed by atoms with Crippen LogP contribution in [0.5, 0.6) is 0 Å². The molecule has 19 heavy (non-hydrogen) atoms. The summed E-state index contributed by atoms with van der Waals surface area (Å²) in [6.45, 7) is 1.40. The Morgan fingerprint density at radius 3 is 2.79 bits per heavy atom. The molecule has 0 aromatic heterocycles. The molecule has 1 saturated heterocycles.